The molecule has 0 aliphatic carbocycles. The molecule has 0 aliphatic rings. The molecule has 1 aromatic carbocycles. The van der Waals surface area contributed by atoms with Gasteiger partial charge in [-0.05, 0) is 32.1 Å². The van der Waals surface area contributed by atoms with Gasteiger partial charge in [-0.1, -0.05) is 102 Å². The molecule has 0 saturated carbocycles. The van der Waals surface area contributed by atoms with Crippen LogP contribution in [0, 0.1) is 0 Å². The first kappa shape index (κ1) is 27.5. The van der Waals surface area contributed by atoms with Crippen LogP contribution in [0.1, 0.15) is 110 Å². The fraction of sp³-hybridized carbons (Fsp3) is 0.769. The molecule has 0 aliphatic heterocycles. The van der Waals surface area contributed by atoms with Gasteiger partial charge in [0.15, 0.2) is 0 Å². The van der Waals surface area contributed by atoms with E-state index in [1.165, 1.54) is 120 Å². The van der Waals surface area contributed by atoms with Crippen LogP contribution in [-0.2, 0) is 6.54 Å². The van der Waals surface area contributed by atoms with E-state index in [4.69, 9.17) is 0 Å². The standard InChI is InChI=1S/C26H48N.ClH/c1-4-7-9-11-13-18-23-27(22-6-3,24-19-14-12-10-8-5-2)25-26-20-16-15-17-21-26;/h15-17,20-21H,4-14,18-19,22-25H2,1-3H3;1H/q+1;/p-1. The van der Waals surface area contributed by atoms with Crippen LogP contribution in [0.3, 0.4) is 0 Å². The monoisotopic (exact) mass is 409 g/mol. The summed E-state index contributed by atoms with van der Waals surface area (Å²) >= 11 is 0. The van der Waals surface area contributed by atoms with Crippen molar-refractivity contribution in [3.05, 3.63) is 35.9 Å². The van der Waals surface area contributed by atoms with Crippen LogP contribution in [0.5, 0.6) is 0 Å². The maximum absolute atomic E-state index is 2.38. The van der Waals surface area contributed by atoms with Crippen molar-refractivity contribution in [2.45, 2.75) is 111 Å². The smallest absolute Gasteiger partial charge is 0.104 e. The Morgan fingerprint density at radius 1 is 0.536 bits per heavy atom. The van der Waals surface area contributed by atoms with Crippen molar-refractivity contribution >= 4 is 0 Å². The van der Waals surface area contributed by atoms with Crippen molar-refractivity contribution in [1.29, 1.82) is 0 Å². The average molecular weight is 410 g/mol. The van der Waals surface area contributed by atoms with E-state index in [0.29, 0.717) is 0 Å². The first-order valence-corrected chi connectivity index (χ1v) is 12.2. The minimum atomic E-state index is 0. The number of benzene rings is 1. The summed E-state index contributed by atoms with van der Waals surface area (Å²) in [4.78, 5) is 0. The van der Waals surface area contributed by atoms with Crippen molar-refractivity contribution in [2.75, 3.05) is 19.6 Å². The lowest BCUT2D eigenvalue weighted by molar-refractivity contribution is -0.941. The van der Waals surface area contributed by atoms with Crippen LogP contribution in [0.25, 0.3) is 0 Å². The topological polar surface area (TPSA) is 0 Å². The molecule has 0 saturated heterocycles. The molecule has 0 N–H and O–H groups in total. The Kier molecular flexibility index (Phi) is 18.1. The molecule has 0 bridgehead atoms. The zero-order valence-electron chi connectivity index (χ0n) is 19.2. The number of quaternary nitrogens is 1. The van der Waals surface area contributed by atoms with Crippen LogP contribution in [0.2, 0.25) is 0 Å². The highest BCUT2D eigenvalue weighted by Crippen LogP contribution is 2.21. The Hall–Kier alpha value is -0.530. The SMILES string of the molecule is CCCCCCCC[N+](CCC)(CCCCCCCC)Cc1ccccc1.[Cl-]. The molecule has 0 fully saturated rings. The maximum Gasteiger partial charge on any atom is 0.104 e. The summed E-state index contributed by atoms with van der Waals surface area (Å²) in [7, 11) is 0. The fourth-order valence-electron chi connectivity index (χ4n) is 4.47. The summed E-state index contributed by atoms with van der Waals surface area (Å²) in [5, 5.41) is 0. The third-order valence-electron chi connectivity index (χ3n) is 6.03. The highest BCUT2D eigenvalue weighted by atomic mass is 35.5. The van der Waals surface area contributed by atoms with Gasteiger partial charge in [-0.2, -0.15) is 0 Å². The lowest BCUT2D eigenvalue weighted by atomic mass is 10.1. The Morgan fingerprint density at radius 3 is 1.46 bits per heavy atom. The van der Waals surface area contributed by atoms with Crippen molar-refractivity contribution in [1.82, 2.24) is 0 Å². The molecule has 28 heavy (non-hydrogen) atoms. The largest absolute Gasteiger partial charge is 1.00 e. The predicted molar refractivity (Wildman–Crippen MR) is 122 cm³/mol. The van der Waals surface area contributed by atoms with E-state index in [9.17, 15) is 0 Å². The van der Waals surface area contributed by atoms with Gasteiger partial charge >= 0.3 is 0 Å². The Morgan fingerprint density at radius 2 is 1.00 bits per heavy atom. The fourth-order valence-corrected chi connectivity index (χ4v) is 4.47. The minimum absolute atomic E-state index is 0. The molecular weight excluding hydrogens is 362 g/mol. The number of rotatable bonds is 18. The normalized spacial score (nSPS) is 11.4. The second-order valence-electron chi connectivity index (χ2n) is 8.69. The molecular formula is C26H48ClN. The molecule has 1 nitrogen and oxygen atoms in total. The van der Waals surface area contributed by atoms with Gasteiger partial charge < -0.3 is 16.9 Å². The Labute approximate surface area is 183 Å². The van der Waals surface area contributed by atoms with Crippen LogP contribution < -0.4 is 12.4 Å². The first-order chi connectivity index (χ1) is 13.3. The van der Waals surface area contributed by atoms with Crippen molar-refractivity contribution in [3.63, 3.8) is 0 Å². The average Bonchev–Trinajstić information content (AvgIpc) is 2.68. The van der Waals surface area contributed by atoms with E-state index in [1.54, 1.807) is 0 Å². The number of hydrogen-bond donors (Lipinski definition) is 0. The lowest BCUT2D eigenvalue weighted by Crippen LogP contribution is -3.00. The molecule has 164 valence electrons. The van der Waals surface area contributed by atoms with Gasteiger partial charge in [0, 0.05) is 5.56 Å². The number of unbranched alkanes of at least 4 members (excludes halogenated alkanes) is 10. The van der Waals surface area contributed by atoms with E-state index in [-0.39, 0.29) is 12.4 Å². The first-order valence-electron chi connectivity index (χ1n) is 12.2. The van der Waals surface area contributed by atoms with Gasteiger partial charge in [-0.3, -0.25) is 0 Å². The third kappa shape index (κ3) is 12.8. The van der Waals surface area contributed by atoms with Crippen LogP contribution in [0.15, 0.2) is 30.3 Å². The maximum atomic E-state index is 2.38. The molecule has 0 heterocycles. The Balaban J connectivity index is 0.00000729. The molecule has 0 radical (unpaired) electrons. The van der Waals surface area contributed by atoms with E-state index in [1.807, 2.05) is 0 Å². The highest BCUT2D eigenvalue weighted by Gasteiger charge is 2.26. The predicted octanol–water partition coefficient (Wildman–Crippen LogP) is 5.14. The second-order valence-corrected chi connectivity index (χ2v) is 8.69. The van der Waals surface area contributed by atoms with Crippen molar-refractivity contribution in [3.8, 4) is 0 Å². The molecule has 0 spiro atoms. The number of hydrogen-bond acceptors (Lipinski definition) is 0. The van der Waals surface area contributed by atoms with Gasteiger partial charge in [-0.25, -0.2) is 0 Å². The number of nitrogens with zero attached hydrogens (tertiary/aromatic N) is 1. The van der Waals surface area contributed by atoms with E-state index in [2.05, 4.69) is 51.1 Å². The molecule has 0 amide bonds. The summed E-state index contributed by atoms with van der Waals surface area (Å²) in [6, 6.07) is 11.3. The summed E-state index contributed by atoms with van der Waals surface area (Å²) in [5.74, 6) is 0. The highest BCUT2D eigenvalue weighted by molar-refractivity contribution is 5.13. The van der Waals surface area contributed by atoms with Crippen LogP contribution in [0.4, 0.5) is 0 Å². The molecule has 1 aromatic rings. The van der Waals surface area contributed by atoms with Gasteiger partial charge in [0.2, 0.25) is 0 Å². The third-order valence-corrected chi connectivity index (χ3v) is 6.03. The molecule has 1 rings (SSSR count). The summed E-state index contributed by atoms with van der Waals surface area (Å²) in [6.07, 6.45) is 18.2. The molecule has 0 atom stereocenters. The van der Waals surface area contributed by atoms with Gasteiger partial charge in [0.1, 0.15) is 6.54 Å². The van der Waals surface area contributed by atoms with Crippen LogP contribution in [-0.4, -0.2) is 24.1 Å². The lowest BCUT2D eigenvalue weighted by Gasteiger charge is -2.39. The second kappa shape index (κ2) is 18.5. The van der Waals surface area contributed by atoms with E-state index in [0.717, 1.165) is 0 Å². The van der Waals surface area contributed by atoms with E-state index < -0.39 is 0 Å². The van der Waals surface area contributed by atoms with E-state index >= 15 is 0 Å². The molecule has 0 aromatic heterocycles. The van der Waals surface area contributed by atoms with Crippen molar-refractivity contribution in [2.24, 2.45) is 0 Å². The molecule has 0 unspecified atom stereocenters. The molecule has 2 heteroatoms. The zero-order valence-corrected chi connectivity index (χ0v) is 20.0. The van der Waals surface area contributed by atoms with Crippen molar-refractivity contribution < 1.29 is 16.9 Å². The van der Waals surface area contributed by atoms with Gasteiger partial charge in [0.05, 0.1) is 19.6 Å². The minimum Gasteiger partial charge on any atom is -1.00 e. The summed E-state index contributed by atoms with van der Waals surface area (Å²) in [6.45, 7) is 12.3. The summed E-state index contributed by atoms with van der Waals surface area (Å²) < 4.78 is 1.32. The van der Waals surface area contributed by atoms with Gasteiger partial charge in [-0.15, -0.1) is 0 Å². The summed E-state index contributed by atoms with van der Waals surface area (Å²) in [5.41, 5.74) is 1.53. The van der Waals surface area contributed by atoms with Gasteiger partial charge in [0.25, 0.3) is 0 Å². The Bertz CT molecular complexity index is 415. The zero-order chi connectivity index (χ0) is 19.6. The van der Waals surface area contributed by atoms with Crippen LogP contribution >= 0.6 is 0 Å². The number of halogens is 1. The quantitative estimate of drug-likeness (QED) is 0.232.